The van der Waals surface area contributed by atoms with Crippen molar-refractivity contribution in [2.75, 3.05) is 25.0 Å². The summed E-state index contributed by atoms with van der Waals surface area (Å²) in [7, 11) is 0. The molecule has 0 spiro atoms. The molecule has 1 aromatic rings. The third kappa shape index (κ3) is 4.30. The Kier molecular flexibility index (Phi) is 5.97. The van der Waals surface area contributed by atoms with E-state index in [1.165, 1.54) is 24.2 Å². The topological polar surface area (TPSA) is 67.4 Å². The summed E-state index contributed by atoms with van der Waals surface area (Å²) in [5, 5.41) is 6.61. The Morgan fingerprint density at radius 2 is 2.05 bits per heavy atom. The SMILES string of the molecule is CCOC(=O)c1c(NC(=O)CNCC2CC2)sc(C)c1CC. The molecule has 0 unspecified atom stereocenters. The fourth-order valence-electron chi connectivity index (χ4n) is 2.39. The molecule has 22 heavy (non-hydrogen) atoms. The van der Waals surface area contributed by atoms with Gasteiger partial charge in [-0.2, -0.15) is 0 Å². The molecule has 0 aromatic carbocycles. The van der Waals surface area contributed by atoms with Crippen molar-refractivity contribution in [3.8, 4) is 0 Å². The number of esters is 1. The molecule has 1 heterocycles. The molecule has 2 rings (SSSR count). The number of ether oxygens (including phenoxy) is 1. The van der Waals surface area contributed by atoms with Crippen LogP contribution < -0.4 is 10.6 Å². The van der Waals surface area contributed by atoms with Gasteiger partial charge in [0.05, 0.1) is 18.7 Å². The van der Waals surface area contributed by atoms with Gasteiger partial charge in [0.15, 0.2) is 0 Å². The summed E-state index contributed by atoms with van der Waals surface area (Å²) in [5.74, 6) is 0.263. The highest BCUT2D eigenvalue weighted by molar-refractivity contribution is 7.16. The van der Waals surface area contributed by atoms with E-state index in [1.54, 1.807) is 6.92 Å². The van der Waals surface area contributed by atoms with Gasteiger partial charge in [0, 0.05) is 4.88 Å². The van der Waals surface area contributed by atoms with Gasteiger partial charge in [-0.1, -0.05) is 6.92 Å². The number of aryl methyl sites for hydroxylation is 1. The molecule has 5 nitrogen and oxygen atoms in total. The molecule has 0 radical (unpaired) electrons. The number of carbonyl (C=O) groups excluding carboxylic acids is 2. The van der Waals surface area contributed by atoms with E-state index < -0.39 is 0 Å². The standard InChI is InChI=1S/C16H24N2O3S/c1-4-12-10(3)22-15(14(12)16(20)21-5-2)18-13(19)9-17-8-11-6-7-11/h11,17H,4-9H2,1-3H3,(H,18,19). The molecule has 122 valence electrons. The molecule has 1 aliphatic rings. The van der Waals surface area contributed by atoms with Crippen LogP contribution in [0.3, 0.4) is 0 Å². The summed E-state index contributed by atoms with van der Waals surface area (Å²) in [4.78, 5) is 25.3. The molecule has 0 aliphatic heterocycles. The minimum absolute atomic E-state index is 0.116. The van der Waals surface area contributed by atoms with Crippen molar-refractivity contribution in [3.05, 3.63) is 16.0 Å². The van der Waals surface area contributed by atoms with Crippen molar-refractivity contribution in [1.82, 2.24) is 5.32 Å². The van der Waals surface area contributed by atoms with Crippen LogP contribution in [0.2, 0.25) is 0 Å². The second-order valence-electron chi connectivity index (χ2n) is 5.54. The average Bonchev–Trinajstić information content (AvgIpc) is 3.22. The van der Waals surface area contributed by atoms with Gasteiger partial charge in [0.1, 0.15) is 5.00 Å². The van der Waals surface area contributed by atoms with E-state index in [9.17, 15) is 9.59 Å². The number of thiophene rings is 1. The van der Waals surface area contributed by atoms with Crippen LogP contribution >= 0.6 is 11.3 Å². The first kappa shape index (κ1) is 17.0. The van der Waals surface area contributed by atoms with Gasteiger partial charge in [-0.3, -0.25) is 4.79 Å². The Labute approximate surface area is 135 Å². The van der Waals surface area contributed by atoms with Gasteiger partial charge in [-0.05, 0) is 51.1 Å². The largest absolute Gasteiger partial charge is 0.462 e. The first-order valence-electron chi connectivity index (χ1n) is 7.86. The Balaban J connectivity index is 2.04. The van der Waals surface area contributed by atoms with Gasteiger partial charge < -0.3 is 15.4 Å². The number of amides is 1. The fourth-order valence-corrected chi connectivity index (χ4v) is 3.54. The van der Waals surface area contributed by atoms with Gasteiger partial charge in [-0.15, -0.1) is 11.3 Å². The Hall–Kier alpha value is -1.40. The molecular weight excluding hydrogens is 300 g/mol. The van der Waals surface area contributed by atoms with Crippen LogP contribution in [-0.4, -0.2) is 31.6 Å². The molecule has 0 saturated heterocycles. The monoisotopic (exact) mass is 324 g/mol. The zero-order chi connectivity index (χ0) is 16.1. The second-order valence-corrected chi connectivity index (χ2v) is 6.76. The van der Waals surface area contributed by atoms with E-state index in [0.717, 1.165) is 29.3 Å². The molecule has 1 fully saturated rings. The van der Waals surface area contributed by atoms with E-state index in [1.807, 2.05) is 13.8 Å². The highest BCUT2D eigenvalue weighted by Gasteiger charge is 2.24. The van der Waals surface area contributed by atoms with Crippen molar-refractivity contribution >= 4 is 28.2 Å². The minimum atomic E-state index is -0.357. The van der Waals surface area contributed by atoms with Crippen LogP contribution in [0.5, 0.6) is 0 Å². The molecule has 1 aliphatic carbocycles. The third-order valence-corrected chi connectivity index (χ3v) is 4.77. The van der Waals surface area contributed by atoms with E-state index in [0.29, 0.717) is 17.2 Å². The van der Waals surface area contributed by atoms with Crippen LogP contribution in [0.15, 0.2) is 0 Å². The van der Waals surface area contributed by atoms with E-state index >= 15 is 0 Å². The number of nitrogens with one attached hydrogen (secondary N) is 2. The summed E-state index contributed by atoms with van der Waals surface area (Å²) < 4.78 is 5.13. The first-order valence-corrected chi connectivity index (χ1v) is 8.68. The Morgan fingerprint density at radius 3 is 2.64 bits per heavy atom. The number of rotatable bonds is 8. The maximum atomic E-state index is 12.2. The number of carbonyl (C=O) groups is 2. The average molecular weight is 324 g/mol. The molecule has 2 N–H and O–H groups in total. The third-order valence-electron chi connectivity index (χ3n) is 3.71. The zero-order valence-corrected chi connectivity index (χ0v) is 14.3. The molecule has 0 atom stereocenters. The van der Waals surface area contributed by atoms with E-state index in [2.05, 4.69) is 10.6 Å². The second kappa shape index (κ2) is 7.74. The van der Waals surface area contributed by atoms with Gasteiger partial charge >= 0.3 is 5.97 Å². The summed E-state index contributed by atoms with van der Waals surface area (Å²) in [6.45, 7) is 7.24. The summed E-state index contributed by atoms with van der Waals surface area (Å²) in [6, 6.07) is 0. The van der Waals surface area contributed by atoms with E-state index in [-0.39, 0.29) is 18.4 Å². The van der Waals surface area contributed by atoms with Crippen molar-refractivity contribution in [1.29, 1.82) is 0 Å². The van der Waals surface area contributed by atoms with Crippen LogP contribution in [0.1, 0.15) is 47.5 Å². The lowest BCUT2D eigenvalue weighted by atomic mass is 10.1. The Bertz CT molecular complexity index is 550. The smallest absolute Gasteiger partial charge is 0.341 e. The highest BCUT2D eigenvalue weighted by atomic mass is 32.1. The number of hydrogen-bond donors (Lipinski definition) is 2. The summed E-state index contributed by atoms with van der Waals surface area (Å²) >= 11 is 1.44. The maximum Gasteiger partial charge on any atom is 0.341 e. The lowest BCUT2D eigenvalue weighted by Gasteiger charge is -2.08. The predicted molar refractivity (Wildman–Crippen MR) is 88.6 cm³/mol. The normalized spacial score (nSPS) is 14.0. The lowest BCUT2D eigenvalue weighted by molar-refractivity contribution is -0.115. The lowest BCUT2D eigenvalue weighted by Crippen LogP contribution is -2.29. The zero-order valence-electron chi connectivity index (χ0n) is 13.5. The van der Waals surface area contributed by atoms with Crippen LogP contribution in [0.4, 0.5) is 5.00 Å². The van der Waals surface area contributed by atoms with Gasteiger partial charge in [0.25, 0.3) is 0 Å². The fraction of sp³-hybridized carbons (Fsp3) is 0.625. The van der Waals surface area contributed by atoms with Crippen LogP contribution in [-0.2, 0) is 16.0 Å². The molecule has 1 amide bonds. The molecular formula is C16H24N2O3S. The van der Waals surface area contributed by atoms with E-state index in [4.69, 9.17) is 4.74 Å². The summed E-state index contributed by atoms with van der Waals surface area (Å²) in [5.41, 5.74) is 1.48. The van der Waals surface area contributed by atoms with Gasteiger partial charge in [-0.25, -0.2) is 4.79 Å². The van der Waals surface area contributed by atoms with Crippen LogP contribution in [0.25, 0.3) is 0 Å². The van der Waals surface area contributed by atoms with Crippen molar-refractivity contribution < 1.29 is 14.3 Å². The Morgan fingerprint density at radius 1 is 1.32 bits per heavy atom. The predicted octanol–water partition coefficient (Wildman–Crippen LogP) is 2.73. The van der Waals surface area contributed by atoms with Gasteiger partial charge in [0.2, 0.25) is 5.91 Å². The molecule has 1 aromatic heterocycles. The van der Waals surface area contributed by atoms with Crippen molar-refractivity contribution in [3.63, 3.8) is 0 Å². The molecule has 6 heteroatoms. The van der Waals surface area contributed by atoms with Crippen molar-refractivity contribution in [2.45, 2.75) is 40.0 Å². The number of anilines is 1. The van der Waals surface area contributed by atoms with Crippen LogP contribution in [0, 0.1) is 12.8 Å². The summed E-state index contributed by atoms with van der Waals surface area (Å²) in [6.07, 6.45) is 3.25. The maximum absolute atomic E-state index is 12.2. The highest BCUT2D eigenvalue weighted by Crippen LogP contribution is 2.34. The molecule has 1 saturated carbocycles. The van der Waals surface area contributed by atoms with Crippen molar-refractivity contribution in [2.24, 2.45) is 5.92 Å². The minimum Gasteiger partial charge on any atom is -0.462 e. The number of hydrogen-bond acceptors (Lipinski definition) is 5. The first-order chi connectivity index (χ1) is 10.6. The quantitative estimate of drug-likeness (QED) is 0.722. The molecule has 0 bridgehead atoms.